The maximum Gasteiger partial charge on any atom is 0.160 e. The number of anilines is 1. The smallest absolute Gasteiger partial charge is 0.160 e. The Kier molecular flexibility index (Phi) is 1.96. The molecule has 2 aromatic rings. The summed E-state index contributed by atoms with van der Waals surface area (Å²) in [6, 6.07) is 5.73. The molecule has 4 heteroatoms. The van der Waals surface area contributed by atoms with Crippen LogP contribution in [0.3, 0.4) is 0 Å². The Morgan fingerprint density at radius 1 is 1.36 bits per heavy atom. The highest BCUT2D eigenvalue weighted by atomic mass is 15.1. The van der Waals surface area contributed by atoms with Crippen LogP contribution in [0.4, 0.5) is 5.82 Å². The molecule has 0 fully saturated rings. The van der Waals surface area contributed by atoms with Gasteiger partial charge in [-0.05, 0) is 19.1 Å². The van der Waals surface area contributed by atoms with Crippen LogP contribution in [0.25, 0.3) is 11.5 Å². The summed E-state index contributed by atoms with van der Waals surface area (Å²) in [6.45, 7) is 1.89. The van der Waals surface area contributed by atoms with Crippen LogP contribution in [-0.4, -0.2) is 14.5 Å². The Balaban J connectivity index is 2.58. The van der Waals surface area contributed by atoms with Gasteiger partial charge in [-0.25, -0.2) is 4.98 Å². The van der Waals surface area contributed by atoms with E-state index in [-0.39, 0.29) is 0 Å². The summed E-state index contributed by atoms with van der Waals surface area (Å²) in [5.74, 6) is 1.49. The maximum atomic E-state index is 5.81. The molecule has 0 aromatic carbocycles. The zero-order chi connectivity index (χ0) is 10.1. The van der Waals surface area contributed by atoms with Crippen molar-refractivity contribution in [2.75, 3.05) is 5.73 Å². The predicted octanol–water partition coefficient (Wildman–Crippen LogP) is 1.37. The summed E-state index contributed by atoms with van der Waals surface area (Å²) in [6.07, 6.45) is 1.75. The van der Waals surface area contributed by atoms with E-state index in [9.17, 15) is 0 Å². The largest absolute Gasteiger partial charge is 0.384 e. The molecular formula is C10H12N4. The first-order valence-corrected chi connectivity index (χ1v) is 4.40. The highest BCUT2D eigenvalue weighted by molar-refractivity contribution is 5.55. The van der Waals surface area contributed by atoms with Gasteiger partial charge in [-0.3, -0.25) is 4.98 Å². The summed E-state index contributed by atoms with van der Waals surface area (Å²) in [5.41, 5.74) is 7.50. The van der Waals surface area contributed by atoms with Crippen LogP contribution in [0.5, 0.6) is 0 Å². The van der Waals surface area contributed by atoms with Gasteiger partial charge < -0.3 is 10.3 Å². The third-order valence-corrected chi connectivity index (χ3v) is 2.22. The Hall–Kier alpha value is -1.84. The molecule has 0 aliphatic rings. The van der Waals surface area contributed by atoms with Crippen molar-refractivity contribution in [2.24, 2.45) is 7.05 Å². The van der Waals surface area contributed by atoms with Gasteiger partial charge in [0.15, 0.2) is 5.82 Å². The fourth-order valence-electron chi connectivity index (χ4n) is 1.37. The topological polar surface area (TPSA) is 56.7 Å². The van der Waals surface area contributed by atoms with Gasteiger partial charge in [0.05, 0.1) is 5.69 Å². The lowest BCUT2D eigenvalue weighted by Crippen LogP contribution is -1.99. The quantitative estimate of drug-likeness (QED) is 0.735. The predicted molar refractivity (Wildman–Crippen MR) is 55.6 cm³/mol. The molecular weight excluding hydrogens is 176 g/mol. The summed E-state index contributed by atoms with van der Waals surface area (Å²) in [4.78, 5) is 8.58. The molecule has 0 saturated carbocycles. The molecule has 0 unspecified atom stereocenters. The van der Waals surface area contributed by atoms with Crippen LogP contribution in [0.2, 0.25) is 0 Å². The number of hydrogen-bond acceptors (Lipinski definition) is 3. The average molecular weight is 188 g/mol. The van der Waals surface area contributed by atoms with E-state index in [1.165, 1.54) is 0 Å². The minimum absolute atomic E-state index is 0.686. The molecule has 2 aromatic heterocycles. The van der Waals surface area contributed by atoms with Crippen LogP contribution in [-0.2, 0) is 7.05 Å². The van der Waals surface area contributed by atoms with Crippen molar-refractivity contribution in [1.29, 1.82) is 0 Å². The monoisotopic (exact) mass is 188 g/mol. The van der Waals surface area contributed by atoms with Gasteiger partial charge in [0.1, 0.15) is 11.5 Å². The zero-order valence-electron chi connectivity index (χ0n) is 8.23. The number of pyridine rings is 1. The average Bonchev–Trinajstić information content (AvgIpc) is 2.47. The molecule has 0 spiro atoms. The standard InChI is InChI=1S/C10H12N4/c1-7-9(11)14(2)10(13-7)8-5-3-4-6-12-8/h3-6H,11H2,1-2H3. The highest BCUT2D eigenvalue weighted by Gasteiger charge is 2.10. The molecule has 0 saturated heterocycles. The lowest BCUT2D eigenvalue weighted by Gasteiger charge is -2.00. The van der Waals surface area contributed by atoms with Gasteiger partial charge in [-0.15, -0.1) is 0 Å². The highest BCUT2D eigenvalue weighted by Crippen LogP contribution is 2.19. The van der Waals surface area contributed by atoms with Crippen LogP contribution in [0, 0.1) is 6.92 Å². The van der Waals surface area contributed by atoms with Crippen molar-refractivity contribution in [3.05, 3.63) is 30.1 Å². The molecule has 0 aliphatic heterocycles. The second-order valence-electron chi connectivity index (χ2n) is 3.18. The molecule has 72 valence electrons. The zero-order valence-corrected chi connectivity index (χ0v) is 8.23. The number of aryl methyl sites for hydroxylation is 1. The lowest BCUT2D eigenvalue weighted by atomic mass is 10.3. The minimum atomic E-state index is 0.686. The van der Waals surface area contributed by atoms with Gasteiger partial charge in [-0.2, -0.15) is 0 Å². The first-order chi connectivity index (χ1) is 6.70. The van der Waals surface area contributed by atoms with Crippen LogP contribution < -0.4 is 5.73 Å². The Bertz CT molecular complexity index is 445. The Morgan fingerprint density at radius 2 is 2.14 bits per heavy atom. The lowest BCUT2D eigenvalue weighted by molar-refractivity contribution is 0.929. The molecule has 2 rings (SSSR count). The molecule has 0 aliphatic carbocycles. The van der Waals surface area contributed by atoms with Crippen molar-refractivity contribution in [3.8, 4) is 11.5 Å². The van der Waals surface area contributed by atoms with Crippen molar-refractivity contribution in [1.82, 2.24) is 14.5 Å². The van der Waals surface area contributed by atoms with E-state index in [2.05, 4.69) is 9.97 Å². The van der Waals surface area contributed by atoms with E-state index in [1.54, 1.807) is 6.20 Å². The van der Waals surface area contributed by atoms with Gasteiger partial charge in [0, 0.05) is 13.2 Å². The van der Waals surface area contributed by atoms with E-state index in [0.717, 1.165) is 17.2 Å². The van der Waals surface area contributed by atoms with Crippen LogP contribution >= 0.6 is 0 Å². The number of hydrogen-bond donors (Lipinski definition) is 1. The number of aromatic nitrogens is 3. The Labute approximate surface area is 82.4 Å². The normalized spacial score (nSPS) is 10.4. The second kappa shape index (κ2) is 3.14. The van der Waals surface area contributed by atoms with E-state index in [4.69, 9.17) is 5.73 Å². The number of nitrogens with two attached hydrogens (primary N) is 1. The van der Waals surface area contributed by atoms with E-state index >= 15 is 0 Å². The van der Waals surface area contributed by atoms with Gasteiger partial charge in [-0.1, -0.05) is 6.07 Å². The van der Waals surface area contributed by atoms with Gasteiger partial charge in [0.25, 0.3) is 0 Å². The second-order valence-corrected chi connectivity index (χ2v) is 3.18. The molecule has 14 heavy (non-hydrogen) atoms. The van der Waals surface area contributed by atoms with E-state index < -0.39 is 0 Å². The third kappa shape index (κ3) is 1.25. The number of imidazole rings is 1. The van der Waals surface area contributed by atoms with Crippen molar-refractivity contribution >= 4 is 5.82 Å². The molecule has 4 nitrogen and oxygen atoms in total. The van der Waals surface area contributed by atoms with E-state index in [1.807, 2.05) is 36.7 Å². The molecule has 2 heterocycles. The summed E-state index contributed by atoms with van der Waals surface area (Å²) >= 11 is 0. The summed E-state index contributed by atoms with van der Waals surface area (Å²) < 4.78 is 1.84. The molecule has 2 N–H and O–H groups in total. The summed E-state index contributed by atoms with van der Waals surface area (Å²) in [5, 5.41) is 0. The fraction of sp³-hybridized carbons (Fsp3) is 0.200. The molecule has 0 amide bonds. The number of rotatable bonds is 1. The number of nitrogens with zero attached hydrogens (tertiary/aromatic N) is 3. The summed E-state index contributed by atoms with van der Waals surface area (Å²) in [7, 11) is 1.89. The first-order valence-electron chi connectivity index (χ1n) is 4.40. The van der Waals surface area contributed by atoms with Crippen molar-refractivity contribution < 1.29 is 0 Å². The Morgan fingerprint density at radius 3 is 2.64 bits per heavy atom. The third-order valence-electron chi connectivity index (χ3n) is 2.22. The van der Waals surface area contributed by atoms with Crippen LogP contribution in [0.15, 0.2) is 24.4 Å². The minimum Gasteiger partial charge on any atom is -0.384 e. The molecule has 0 radical (unpaired) electrons. The number of nitrogen functional groups attached to an aromatic ring is 1. The van der Waals surface area contributed by atoms with Crippen LogP contribution in [0.1, 0.15) is 5.69 Å². The fourth-order valence-corrected chi connectivity index (χ4v) is 1.37. The SMILES string of the molecule is Cc1nc(-c2ccccn2)n(C)c1N. The van der Waals surface area contributed by atoms with Gasteiger partial charge >= 0.3 is 0 Å². The maximum absolute atomic E-state index is 5.81. The molecule has 0 atom stereocenters. The molecule has 0 bridgehead atoms. The van der Waals surface area contributed by atoms with Gasteiger partial charge in [0.2, 0.25) is 0 Å². The van der Waals surface area contributed by atoms with Crippen molar-refractivity contribution in [2.45, 2.75) is 6.92 Å². The van der Waals surface area contributed by atoms with E-state index in [0.29, 0.717) is 5.82 Å². The van der Waals surface area contributed by atoms with Crippen molar-refractivity contribution in [3.63, 3.8) is 0 Å². The first kappa shape index (κ1) is 8.74.